The van der Waals surface area contributed by atoms with Crippen LogP contribution < -0.4 is 0 Å². The molecule has 2 aliphatic rings. The first-order valence-corrected chi connectivity index (χ1v) is 18.6. The highest BCUT2D eigenvalue weighted by Gasteiger charge is 2.20. The Morgan fingerprint density at radius 2 is 0.756 bits per heavy atom. The molecular formula is C41H90. The lowest BCUT2D eigenvalue weighted by atomic mass is 9.78. The van der Waals surface area contributed by atoms with Crippen molar-refractivity contribution >= 4 is 0 Å². The first-order chi connectivity index (χ1) is 18.6. The zero-order chi connectivity index (χ0) is 33.3. The van der Waals surface area contributed by atoms with Gasteiger partial charge in [0.25, 0.3) is 0 Å². The van der Waals surface area contributed by atoms with Crippen LogP contribution in [0, 0.1) is 64.6 Å². The van der Waals surface area contributed by atoms with Gasteiger partial charge in [0.1, 0.15) is 0 Å². The van der Waals surface area contributed by atoms with E-state index in [2.05, 4.69) is 138 Å². The second-order valence-corrected chi connectivity index (χ2v) is 17.7. The molecule has 0 bridgehead atoms. The highest BCUT2D eigenvalue weighted by molar-refractivity contribution is 4.71. The summed E-state index contributed by atoms with van der Waals surface area (Å²) in [6.45, 7) is 45.4. The van der Waals surface area contributed by atoms with E-state index in [1.807, 2.05) is 0 Å². The van der Waals surface area contributed by atoms with E-state index in [0.29, 0.717) is 5.41 Å². The molecule has 41 heavy (non-hydrogen) atoms. The molecule has 0 N–H and O–H groups in total. The van der Waals surface area contributed by atoms with Gasteiger partial charge < -0.3 is 0 Å². The molecule has 0 aliphatic heterocycles. The van der Waals surface area contributed by atoms with Gasteiger partial charge in [0.05, 0.1) is 0 Å². The number of hydrogen-bond donors (Lipinski definition) is 0. The van der Waals surface area contributed by atoms with Gasteiger partial charge in [-0.15, -0.1) is 0 Å². The van der Waals surface area contributed by atoms with Crippen molar-refractivity contribution < 1.29 is 0 Å². The van der Waals surface area contributed by atoms with Crippen LogP contribution in [0.4, 0.5) is 0 Å². The second-order valence-electron chi connectivity index (χ2n) is 17.7. The fourth-order valence-corrected chi connectivity index (χ4v) is 4.90. The van der Waals surface area contributed by atoms with E-state index in [0.717, 1.165) is 59.2 Å². The van der Waals surface area contributed by atoms with Gasteiger partial charge in [0.15, 0.2) is 0 Å². The summed E-state index contributed by atoms with van der Waals surface area (Å²) in [5.74, 6) is 9.22. The molecule has 0 spiro atoms. The average molecular weight is 583 g/mol. The number of hydrogen-bond acceptors (Lipinski definition) is 0. The summed E-state index contributed by atoms with van der Waals surface area (Å²) < 4.78 is 0. The van der Waals surface area contributed by atoms with Crippen LogP contribution in [0.15, 0.2) is 0 Å². The largest absolute Gasteiger partial charge is 0.0651 e. The summed E-state index contributed by atoms with van der Waals surface area (Å²) in [5.41, 5.74) is 0.522. The molecule has 0 aromatic rings. The molecule has 0 aromatic carbocycles. The van der Waals surface area contributed by atoms with Crippen LogP contribution in [0.1, 0.15) is 203 Å². The van der Waals surface area contributed by atoms with Gasteiger partial charge in [-0.2, -0.15) is 0 Å². The van der Waals surface area contributed by atoms with E-state index in [4.69, 9.17) is 0 Å². The topological polar surface area (TPSA) is 0 Å². The van der Waals surface area contributed by atoms with Gasteiger partial charge in [0.2, 0.25) is 0 Å². The maximum Gasteiger partial charge on any atom is -0.0380 e. The lowest BCUT2D eigenvalue weighted by Gasteiger charge is -2.28. The molecule has 0 aromatic heterocycles. The predicted octanol–water partition coefficient (Wildman–Crippen LogP) is 15.4. The molecule has 0 saturated heterocycles. The molecule has 0 heteroatoms. The summed E-state index contributed by atoms with van der Waals surface area (Å²) in [6.07, 6.45) is 14.5. The normalized spacial score (nSPS) is 15.5. The first kappa shape index (κ1) is 47.9. The van der Waals surface area contributed by atoms with Crippen molar-refractivity contribution in [1.29, 1.82) is 0 Å². The molecule has 0 nitrogen and oxygen atoms in total. The van der Waals surface area contributed by atoms with Crippen LogP contribution in [0.5, 0.6) is 0 Å². The van der Waals surface area contributed by atoms with Crippen molar-refractivity contribution in [3.05, 3.63) is 0 Å². The average Bonchev–Trinajstić information content (AvgIpc) is 3.27. The Labute approximate surface area is 266 Å². The standard InChI is InChI=1S/C8H16.C8H18.C7H14.C7H16.C6H14.C5H12/c1-7(2)8-5-3-4-6-8;1-7(2)6-8(3,4)5;1-6(2)7-4-3-5-7;1-6(2)5-7(3)4;1-5(2)6(3)4;1-4-5(2)3/h7-8H,3-6H2,1-2H3;7H,6H2,1-5H3;6-7H,3-5H2,1-2H3;6-7H,5H2,1-4H3;5-6H,1-4H3;5H,4H2,1-3H3. The maximum absolute atomic E-state index is 2.34. The van der Waals surface area contributed by atoms with Gasteiger partial charge in [-0.1, -0.05) is 190 Å². The molecule has 2 fully saturated rings. The van der Waals surface area contributed by atoms with E-state index < -0.39 is 0 Å². The summed E-state index contributed by atoms with van der Waals surface area (Å²) >= 11 is 0. The lowest BCUT2D eigenvalue weighted by Crippen LogP contribution is -2.16. The Balaban J connectivity index is -0.000000202. The molecule has 0 unspecified atom stereocenters. The molecular weight excluding hydrogens is 492 g/mol. The first-order valence-electron chi connectivity index (χ1n) is 18.6. The zero-order valence-electron chi connectivity index (χ0n) is 33.3. The van der Waals surface area contributed by atoms with E-state index in [9.17, 15) is 0 Å². The smallest absolute Gasteiger partial charge is 0.0380 e. The van der Waals surface area contributed by atoms with E-state index in [1.165, 1.54) is 64.2 Å². The minimum atomic E-state index is 0.522. The molecule has 0 atom stereocenters. The molecule has 2 aliphatic carbocycles. The third-order valence-electron chi connectivity index (χ3n) is 8.55. The van der Waals surface area contributed by atoms with Crippen LogP contribution in [-0.2, 0) is 0 Å². The molecule has 254 valence electrons. The van der Waals surface area contributed by atoms with Crippen molar-refractivity contribution in [3.63, 3.8) is 0 Å². The fourth-order valence-electron chi connectivity index (χ4n) is 4.90. The lowest BCUT2D eigenvalue weighted by molar-refractivity contribution is 0.235. The molecule has 2 saturated carbocycles. The van der Waals surface area contributed by atoms with E-state index in [-0.39, 0.29) is 0 Å². The van der Waals surface area contributed by atoms with Crippen LogP contribution >= 0.6 is 0 Å². The van der Waals surface area contributed by atoms with Crippen LogP contribution in [0.3, 0.4) is 0 Å². The monoisotopic (exact) mass is 583 g/mol. The Hall–Kier alpha value is 0. The van der Waals surface area contributed by atoms with Crippen molar-refractivity contribution in [3.8, 4) is 0 Å². The maximum atomic E-state index is 2.34. The van der Waals surface area contributed by atoms with E-state index in [1.54, 1.807) is 0 Å². The van der Waals surface area contributed by atoms with Gasteiger partial charge in [-0.25, -0.2) is 0 Å². The SMILES string of the molecule is CC(C)C(C)C.CC(C)C1CCC1.CC(C)C1CCCC1.CC(C)CC(C)(C)C.CC(C)CC(C)C.CCC(C)C. The molecule has 2 rings (SSSR count). The van der Waals surface area contributed by atoms with Crippen LogP contribution in [0.2, 0.25) is 0 Å². The van der Waals surface area contributed by atoms with E-state index >= 15 is 0 Å². The van der Waals surface area contributed by atoms with Crippen molar-refractivity contribution in [1.82, 2.24) is 0 Å². The quantitative estimate of drug-likeness (QED) is 0.280. The predicted molar refractivity (Wildman–Crippen MR) is 197 cm³/mol. The highest BCUT2D eigenvalue weighted by Crippen LogP contribution is 2.32. The number of rotatable bonds is 7. The third kappa shape index (κ3) is 44.6. The van der Waals surface area contributed by atoms with Crippen molar-refractivity contribution in [2.75, 3.05) is 0 Å². The summed E-state index contributed by atoms with van der Waals surface area (Å²) in [5, 5.41) is 0. The summed E-state index contributed by atoms with van der Waals surface area (Å²) in [6, 6.07) is 0. The van der Waals surface area contributed by atoms with Crippen LogP contribution in [-0.4, -0.2) is 0 Å². The second kappa shape index (κ2) is 28.8. The van der Waals surface area contributed by atoms with Gasteiger partial charge in [0, 0.05) is 0 Å². The molecule has 0 heterocycles. The Morgan fingerprint density at radius 1 is 0.463 bits per heavy atom. The Kier molecular flexibility index (Phi) is 33.6. The summed E-state index contributed by atoms with van der Waals surface area (Å²) in [4.78, 5) is 0. The van der Waals surface area contributed by atoms with Gasteiger partial charge >= 0.3 is 0 Å². The molecule has 0 radical (unpaired) electrons. The Bertz CT molecular complexity index is 461. The van der Waals surface area contributed by atoms with Crippen molar-refractivity contribution in [2.24, 2.45) is 64.6 Å². The molecule has 0 amide bonds. The fraction of sp³-hybridized carbons (Fsp3) is 1.00. The zero-order valence-corrected chi connectivity index (χ0v) is 33.3. The highest BCUT2D eigenvalue weighted by atomic mass is 14.3. The van der Waals surface area contributed by atoms with Gasteiger partial charge in [-0.3, -0.25) is 0 Å². The third-order valence-corrected chi connectivity index (χ3v) is 8.55. The minimum absolute atomic E-state index is 0.522. The van der Waals surface area contributed by atoms with Gasteiger partial charge in [-0.05, 0) is 77.4 Å². The minimum Gasteiger partial charge on any atom is -0.0651 e. The summed E-state index contributed by atoms with van der Waals surface area (Å²) in [7, 11) is 0. The van der Waals surface area contributed by atoms with Crippen molar-refractivity contribution in [2.45, 2.75) is 203 Å². The Morgan fingerprint density at radius 3 is 0.805 bits per heavy atom. The van der Waals surface area contributed by atoms with Crippen LogP contribution in [0.25, 0.3) is 0 Å².